The number of hydrogen-bond donors (Lipinski definition) is 0. The number of aryl methyl sites for hydroxylation is 1. The van der Waals surface area contributed by atoms with Crippen molar-refractivity contribution < 1.29 is 16.8 Å². The lowest BCUT2D eigenvalue weighted by Gasteiger charge is -2.29. The topological polar surface area (TPSA) is 71.5 Å². The number of likely N-dealkylation sites (N-methyl/N-ethyl adjacent to an activating group) is 1. The molecule has 0 aromatic heterocycles. The fourth-order valence-corrected chi connectivity index (χ4v) is 7.25. The highest BCUT2D eigenvalue weighted by molar-refractivity contribution is 9.10. The van der Waals surface area contributed by atoms with Crippen molar-refractivity contribution in [1.82, 2.24) is 4.31 Å². The molecule has 0 amide bonds. The van der Waals surface area contributed by atoms with Crippen LogP contribution >= 0.6 is 31.9 Å². The molecule has 0 saturated carbocycles. The standard InChI is InChI=1S/C25H27Br2NO4S2/c1-17-13-24(33(4,29)30)18(2)25(14-17)34(31,32)28(3)23(15-19-5-9-21(26)10-6-19)16-20-7-11-22(27)12-8-20/h5-14,23H,15-16H2,1-4H3. The van der Waals surface area contributed by atoms with E-state index in [9.17, 15) is 16.8 Å². The van der Waals surface area contributed by atoms with Gasteiger partial charge >= 0.3 is 0 Å². The Kier molecular flexibility index (Phi) is 8.46. The first-order valence-electron chi connectivity index (χ1n) is 10.6. The van der Waals surface area contributed by atoms with Gasteiger partial charge in [-0.15, -0.1) is 0 Å². The maximum atomic E-state index is 13.8. The number of nitrogens with zero attached hydrogens (tertiary/aromatic N) is 1. The quantitative estimate of drug-likeness (QED) is 0.321. The van der Waals surface area contributed by atoms with Crippen molar-refractivity contribution in [2.45, 2.75) is 42.5 Å². The Labute approximate surface area is 219 Å². The number of sulfonamides is 1. The van der Waals surface area contributed by atoms with E-state index in [2.05, 4.69) is 31.9 Å². The van der Waals surface area contributed by atoms with E-state index >= 15 is 0 Å². The smallest absolute Gasteiger partial charge is 0.224 e. The van der Waals surface area contributed by atoms with Crippen molar-refractivity contribution in [2.75, 3.05) is 13.3 Å². The summed E-state index contributed by atoms with van der Waals surface area (Å²) in [5.74, 6) is 0. The first-order chi connectivity index (χ1) is 15.8. The van der Waals surface area contributed by atoms with Crippen LogP contribution in [-0.4, -0.2) is 40.5 Å². The van der Waals surface area contributed by atoms with Gasteiger partial charge in [0, 0.05) is 28.3 Å². The van der Waals surface area contributed by atoms with Crippen LogP contribution < -0.4 is 0 Å². The van der Waals surface area contributed by atoms with Crippen molar-refractivity contribution >= 4 is 51.7 Å². The molecule has 3 aromatic rings. The Morgan fingerprint density at radius 2 is 1.18 bits per heavy atom. The highest BCUT2D eigenvalue weighted by Crippen LogP contribution is 2.29. The minimum atomic E-state index is -3.98. The Hall–Kier alpha value is -1.52. The molecule has 0 radical (unpaired) electrons. The van der Waals surface area contributed by atoms with E-state index in [0.29, 0.717) is 18.4 Å². The van der Waals surface area contributed by atoms with E-state index in [0.717, 1.165) is 26.3 Å². The van der Waals surface area contributed by atoms with Crippen LogP contribution in [-0.2, 0) is 32.7 Å². The van der Waals surface area contributed by atoms with Crippen LogP contribution in [0.5, 0.6) is 0 Å². The summed E-state index contributed by atoms with van der Waals surface area (Å²) in [5, 5.41) is 0. The van der Waals surface area contributed by atoms with Gasteiger partial charge in [0.15, 0.2) is 9.84 Å². The summed E-state index contributed by atoms with van der Waals surface area (Å²) < 4.78 is 55.6. The molecule has 0 bridgehead atoms. The van der Waals surface area contributed by atoms with Gasteiger partial charge in [0.05, 0.1) is 9.79 Å². The van der Waals surface area contributed by atoms with Crippen LogP contribution in [0, 0.1) is 13.8 Å². The van der Waals surface area contributed by atoms with Crippen molar-refractivity contribution in [3.05, 3.63) is 91.9 Å². The number of hydrogen-bond acceptors (Lipinski definition) is 4. The average molecular weight is 629 g/mol. The second kappa shape index (κ2) is 10.6. The highest BCUT2D eigenvalue weighted by Gasteiger charge is 2.31. The van der Waals surface area contributed by atoms with E-state index < -0.39 is 19.9 Å². The second-order valence-electron chi connectivity index (χ2n) is 8.49. The maximum absolute atomic E-state index is 13.8. The summed E-state index contributed by atoms with van der Waals surface area (Å²) in [7, 11) is -5.99. The summed E-state index contributed by atoms with van der Waals surface area (Å²) >= 11 is 6.88. The molecule has 3 aromatic carbocycles. The third-order valence-electron chi connectivity index (χ3n) is 5.80. The molecule has 0 heterocycles. The summed E-state index contributed by atoms with van der Waals surface area (Å²) in [6, 6.07) is 18.3. The molecular weight excluding hydrogens is 602 g/mol. The van der Waals surface area contributed by atoms with Gasteiger partial charge in [-0.2, -0.15) is 4.31 Å². The zero-order valence-corrected chi connectivity index (χ0v) is 24.2. The van der Waals surface area contributed by atoms with Gasteiger partial charge in [0.25, 0.3) is 0 Å². The lowest BCUT2D eigenvalue weighted by Crippen LogP contribution is -2.40. The Morgan fingerprint density at radius 3 is 1.59 bits per heavy atom. The van der Waals surface area contributed by atoms with Crippen molar-refractivity contribution in [3.63, 3.8) is 0 Å². The molecule has 9 heteroatoms. The van der Waals surface area contributed by atoms with Crippen LogP contribution in [0.15, 0.2) is 79.4 Å². The predicted molar refractivity (Wildman–Crippen MR) is 143 cm³/mol. The Balaban J connectivity index is 2.07. The van der Waals surface area contributed by atoms with Crippen molar-refractivity contribution in [1.29, 1.82) is 0 Å². The molecule has 0 N–H and O–H groups in total. The van der Waals surface area contributed by atoms with Gasteiger partial charge in [-0.3, -0.25) is 0 Å². The molecule has 34 heavy (non-hydrogen) atoms. The average Bonchev–Trinajstić information content (AvgIpc) is 2.76. The van der Waals surface area contributed by atoms with Crippen molar-refractivity contribution in [2.24, 2.45) is 0 Å². The van der Waals surface area contributed by atoms with Gasteiger partial charge in [-0.25, -0.2) is 16.8 Å². The number of halogens is 2. The fraction of sp³-hybridized carbons (Fsp3) is 0.280. The number of sulfone groups is 1. The molecule has 0 saturated heterocycles. The highest BCUT2D eigenvalue weighted by atomic mass is 79.9. The van der Waals surface area contributed by atoms with Crippen LogP contribution in [0.4, 0.5) is 0 Å². The zero-order valence-electron chi connectivity index (χ0n) is 19.4. The normalized spacial score (nSPS) is 12.5. The van der Waals surface area contributed by atoms with Gasteiger partial charge in [0.1, 0.15) is 0 Å². The van der Waals surface area contributed by atoms with Gasteiger partial charge < -0.3 is 0 Å². The molecule has 0 unspecified atom stereocenters. The molecule has 3 rings (SSSR count). The molecule has 5 nitrogen and oxygen atoms in total. The van der Waals surface area contributed by atoms with Crippen LogP contribution in [0.2, 0.25) is 0 Å². The second-order valence-corrected chi connectivity index (χ2v) is 14.3. The van der Waals surface area contributed by atoms with Crippen molar-refractivity contribution in [3.8, 4) is 0 Å². The molecule has 0 atom stereocenters. The lowest BCUT2D eigenvalue weighted by atomic mass is 9.99. The molecule has 0 fully saturated rings. The molecule has 0 aliphatic heterocycles. The first kappa shape index (κ1) is 27.1. The molecule has 0 aliphatic carbocycles. The summed E-state index contributed by atoms with van der Waals surface area (Å²) in [4.78, 5) is 0.0591. The summed E-state index contributed by atoms with van der Waals surface area (Å²) in [6.45, 7) is 3.25. The van der Waals surface area contributed by atoms with E-state index in [1.807, 2.05) is 48.5 Å². The van der Waals surface area contributed by atoms with Crippen LogP contribution in [0.3, 0.4) is 0 Å². The summed E-state index contributed by atoms with van der Waals surface area (Å²) in [6.07, 6.45) is 2.10. The molecule has 182 valence electrons. The number of benzene rings is 3. The van der Waals surface area contributed by atoms with Gasteiger partial charge in [-0.1, -0.05) is 56.1 Å². The SMILES string of the molecule is Cc1cc(S(C)(=O)=O)c(C)c(S(=O)(=O)N(C)C(Cc2ccc(Br)cc2)Cc2ccc(Br)cc2)c1. The van der Waals surface area contributed by atoms with Crippen LogP contribution in [0.1, 0.15) is 22.3 Å². The maximum Gasteiger partial charge on any atom is 0.243 e. The number of rotatable bonds is 8. The van der Waals surface area contributed by atoms with E-state index in [-0.39, 0.29) is 21.4 Å². The molecule has 0 aliphatic rings. The van der Waals surface area contributed by atoms with E-state index in [1.54, 1.807) is 27.0 Å². The third kappa shape index (κ3) is 6.37. The third-order valence-corrected chi connectivity index (χ3v) is 10.1. The fourth-order valence-electron chi connectivity index (χ4n) is 3.91. The zero-order chi connectivity index (χ0) is 25.3. The van der Waals surface area contributed by atoms with Crippen LogP contribution in [0.25, 0.3) is 0 Å². The monoisotopic (exact) mass is 627 g/mol. The molecular formula is C25H27Br2NO4S2. The summed E-state index contributed by atoms with van der Waals surface area (Å²) in [5.41, 5.74) is 2.83. The van der Waals surface area contributed by atoms with E-state index in [1.165, 1.54) is 10.4 Å². The predicted octanol–water partition coefficient (Wildman–Crippen LogP) is 5.71. The first-order valence-corrected chi connectivity index (χ1v) is 15.5. The lowest BCUT2D eigenvalue weighted by molar-refractivity contribution is 0.362. The van der Waals surface area contributed by atoms with Gasteiger partial charge in [0.2, 0.25) is 10.0 Å². The largest absolute Gasteiger partial charge is 0.243 e. The van der Waals surface area contributed by atoms with Gasteiger partial charge in [-0.05, 0) is 85.3 Å². The van der Waals surface area contributed by atoms with E-state index in [4.69, 9.17) is 0 Å². The Bertz CT molecular complexity index is 1340. The Morgan fingerprint density at radius 1 is 0.765 bits per heavy atom. The minimum absolute atomic E-state index is 0.0204. The minimum Gasteiger partial charge on any atom is -0.224 e. The molecule has 0 spiro atoms.